The van der Waals surface area contributed by atoms with E-state index in [9.17, 15) is 4.39 Å². The van der Waals surface area contributed by atoms with Crippen LogP contribution in [0.1, 0.15) is 31.3 Å². The lowest BCUT2D eigenvalue weighted by molar-refractivity contribution is 0.555. The molecule has 4 heteroatoms. The van der Waals surface area contributed by atoms with Gasteiger partial charge in [-0.3, -0.25) is 0 Å². The Bertz CT molecular complexity index is 279. The van der Waals surface area contributed by atoms with Gasteiger partial charge in [0.25, 0.3) is 0 Å². The first-order valence-corrected chi connectivity index (χ1v) is 5.41. The highest BCUT2D eigenvalue weighted by atomic mass is 127. The maximum absolute atomic E-state index is 13.1. The van der Waals surface area contributed by atoms with Crippen LogP contribution < -0.4 is 0 Å². The lowest BCUT2D eigenvalue weighted by atomic mass is 10.2. The zero-order chi connectivity index (χ0) is 9.84. The van der Waals surface area contributed by atoms with Crippen molar-refractivity contribution in [1.82, 2.24) is 9.97 Å². The number of rotatable bonds is 3. The van der Waals surface area contributed by atoms with E-state index in [1.165, 1.54) is 0 Å². The Morgan fingerprint density at radius 3 is 2.62 bits per heavy atom. The molecule has 0 aliphatic rings. The molecule has 1 aromatic rings. The second kappa shape index (κ2) is 4.83. The molecule has 0 saturated heterocycles. The predicted octanol–water partition coefficient (Wildman–Crippen LogP) is 2.87. The average Bonchev–Trinajstić information content (AvgIpc) is 2.10. The fraction of sp³-hybridized carbons (Fsp3) is 0.556. The van der Waals surface area contributed by atoms with Crippen LogP contribution in [0.25, 0.3) is 0 Å². The van der Waals surface area contributed by atoms with Crippen molar-refractivity contribution in [2.24, 2.45) is 0 Å². The molecule has 2 nitrogen and oxygen atoms in total. The Balaban J connectivity index is 2.86. The number of hydrogen-bond acceptors (Lipinski definition) is 2. The van der Waals surface area contributed by atoms with E-state index in [1.54, 1.807) is 0 Å². The lowest BCUT2D eigenvalue weighted by Crippen LogP contribution is -2.03. The maximum Gasteiger partial charge on any atom is 0.229 e. The minimum atomic E-state index is -0.390. The monoisotopic (exact) mass is 294 g/mol. The van der Waals surface area contributed by atoms with Crippen molar-refractivity contribution in [3.8, 4) is 0 Å². The first-order chi connectivity index (χ1) is 6.15. The van der Waals surface area contributed by atoms with Gasteiger partial charge in [-0.2, -0.15) is 4.39 Å². The Hall–Kier alpha value is -0.260. The van der Waals surface area contributed by atoms with Crippen molar-refractivity contribution in [2.45, 2.75) is 33.1 Å². The highest BCUT2D eigenvalue weighted by Gasteiger charge is 2.07. The van der Waals surface area contributed by atoms with Gasteiger partial charge in [-0.1, -0.05) is 13.3 Å². The maximum atomic E-state index is 13.1. The van der Waals surface area contributed by atoms with Crippen molar-refractivity contribution in [2.75, 3.05) is 0 Å². The van der Waals surface area contributed by atoms with Gasteiger partial charge in [0.05, 0.1) is 9.26 Å². The number of halogens is 2. The van der Waals surface area contributed by atoms with Gasteiger partial charge >= 0.3 is 0 Å². The Morgan fingerprint density at radius 1 is 1.38 bits per heavy atom. The minimum absolute atomic E-state index is 0.390. The fourth-order valence-corrected chi connectivity index (χ4v) is 1.27. The third-order valence-corrected chi connectivity index (χ3v) is 3.00. The molecule has 13 heavy (non-hydrogen) atoms. The van der Waals surface area contributed by atoms with Crippen LogP contribution in [0.15, 0.2) is 0 Å². The van der Waals surface area contributed by atoms with Crippen LogP contribution in [0.2, 0.25) is 0 Å². The van der Waals surface area contributed by atoms with Crippen molar-refractivity contribution >= 4 is 22.6 Å². The van der Waals surface area contributed by atoms with Gasteiger partial charge in [0.15, 0.2) is 0 Å². The van der Waals surface area contributed by atoms with Gasteiger partial charge in [0, 0.05) is 6.42 Å². The van der Waals surface area contributed by atoms with Crippen molar-refractivity contribution in [1.29, 1.82) is 0 Å². The highest BCUT2D eigenvalue weighted by Crippen LogP contribution is 2.12. The normalized spacial score (nSPS) is 10.5. The number of unbranched alkanes of at least 4 members (excludes halogenated alkanes) is 1. The zero-order valence-electron chi connectivity index (χ0n) is 7.77. The third kappa shape index (κ3) is 2.86. The molecule has 0 aliphatic heterocycles. The Kier molecular flexibility index (Phi) is 4.02. The van der Waals surface area contributed by atoms with Crippen LogP contribution >= 0.6 is 22.6 Å². The lowest BCUT2D eigenvalue weighted by Gasteiger charge is -2.02. The van der Waals surface area contributed by atoms with Crippen LogP contribution in [0.3, 0.4) is 0 Å². The smallest absolute Gasteiger partial charge is 0.229 e. The molecule has 1 aromatic heterocycles. The molecule has 0 radical (unpaired) electrons. The van der Waals surface area contributed by atoms with E-state index in [-0.39, 0.29) is 5.95 Å². The summed E-state index contributed by atoms with van der Waals surface area (Å²) in [5, 5.41) is 0. The van der Waals surface area contributed by atoms with Gasteiger partial charge in [-0.15, -0.1) is 0 Å². The number of aromatic nitrogens is 2. The largest absolute Gasteiger partial charge is 0.237 e. The quantitative estimate of drug-likeness (QED) is 0.633. The standard InChI is InChI=1S/C9H12FIN2/c1-3-4-5-7-12-6(2)8(11)9(10)13-7/h3-5H2,1-2H3. The molecule has 0 N–H and O–H groups in total. The molecule has 72 valence electrons. The summed E-state index contributed by atoms with van der Waals surface area (Å²) < 4.78 is 13.6. The molecular weight excluding hydrogens is 282 g/mol. The van der Waals surface area contributed by atoms with Crippen molar-refractivity contribution < 1.29 is 4.39 Å². The van der Waals surface area contributed by atoms with E-state index < -0.39 is 0 Å². The Labute approximate surface area is 91.1 Å². The first-order valence-electron chi connectivity index (χ1n) is 4.33. The Morgan fingerprint density at radius 2 is 2.08 bits per heavy atom. The van der Waals surface area contributed by atoms with E-state index in [2.05, 4.69) is 16.9 Å². The molecule has 0 aromatic carbocycles. The van der Waals surface area contributed by atoms with Gasteiger partial charge in [-0.05, 0) is 35.9 Å². The van der Waals surface area contributed by atoms with Crippen LogP contribution in [0, 0.1) is 16.4 Å². The van der Waals surface area contributed by atoms with E-state index in [0.29, 0.717) is 9.39 Å². The molecule has 0 fully saturated rings. The van der Waals surface area contributed by atoms with E-state index >= 15 is 0 Å². The van der Waals surface area contributed by atoms with Gasteiger partial charge in [0.2, 0.25) is 5.95 Å². The van der Waals surface area contributed by atoms with Crippen molar-refractivity contribution in [3.63, 3.8) is 0 Å². The zero-order valence-corrected chi connectivity index (χ0v) is 9.93. The topological polar surface area (TPSA) is 25.8 Å². The van der Waals surface area contributed by atoms with Crippen LogP contribution in [-0.4, -0.2) is 9.97 Å². The summed E-state index contributed by atoms with van der Waals surface area (Å²) in [6.07, 6.45) is 2.86. The molecule has 0 atom stereocenters. The van der Waals surface area contributed by atoms with Crippen LogP contribution in [0.4, 0.5) is 4.39 Å². The summed E-state index contributed by atoms with van der Waals surface area (Å²) >= 11 is 1.92. The summed E-state index contributed by atoms with van der Waals surface area (Å²) in [4.78, 5) is 8.00. The fourth-order valence-electron chi connectivity index (χ4n) is 1.03. The van der Waals surface area contributed by atoms with Gasteiger partial charge in [0.1, 0.15) is 5.82 Å². The molecule has 0 saturated carbocycles. The van der Waals surface area contributed by atoms with Gasteiger partial charge < -0.3 is 0 Å². The minimum Gasteiger partial charge on any atom is -0.237 e. The molecule has 0 amide bonds. The molecule has 0 bridgehead atoms. The second-order valence-electron chi connectivity index (χ2n) is 2.93. The number of hydrogen-bond donors (Lipinski definition) is 0. The third-order valence-electron chi connectivity index (χ3n) is 1.78. The number of nitrogens with zero attached hydrogens (tertiary/aromatic N) is 2. The number of aryl methyl sites for hydroxylation is 2. The summed E-state index contributed by atoms with van der Waals surface area (Å²) in [5.41, 5.74) is 0.735. The molecule has 0 aliphatic carbocycles. The summed E-state index contributed by atoms with van der Waals surface area (Å²) in [6, 6.07) is 0. The summed E-state index contributed by atoms with van der Waals surface area (Å²) in [5.74, 6) is 0.233. The second-order valence-corrected chi connectivity index (χ2v) is 4.01. The molecule has 1 rings (SSSR count). The molecular formula is C9H12FIN2. The summed E-state index contributed by atoms with van der Waals surface area (Å²) in [6.45, 7) is 3.90. The SMILES string of the molecule is CCCCc1nc(C)c(I)c(F)n1. The van der Waals surface area contributed by atoms with E-state index in [1.807, 2.05) is 29.5 Å². The predicted molar refractivity (Wildman–Crippen MR) is 58.1 cm³/mol. The molecule has 1 heterocycles. The van der Waals surface area contributed by atoms with Crippen molar-refractivity contribution in [3.05, 3.63) is 21.0 Å². The molecule has 0 spiro atoms. The van der Waals surface area contributed by atoms with Crippen LogP contribution in [0.5, 0.6) is 0 Å². The van der Waals surface area contributed by atoms with Crippen LogP contribution in [-0.2, 0) is 6.42 Å². The molecule has 0 unspecified atom stereocenters. The highest BCUT2D eigenvalue weighted by molar-refractivity contribution is 14.1. The van der Waals surface area contributed by atoms with Gasteiger partial charge in [-0.25, -0.2) is 9.97 Å². The van der Waals surface area contributed by atoms with E-state index in [0.717, 1.165) is 25.0 Å². The van der Waals surface area contributed by atoms with E-state index in [4.69, 9.17) is 0 Å². The first kappa shape index (κ1) is 10.8. The average molecular weight is 294 g/mol. The summed E-state index contributed by atoms with van der Waals surface area (Å²) in [7, 11) is 0.